The van der Waals surface area contributed by atoms with Crippen molar-refractivity contribution >= 4 is 31.5 Å². The smallest absolute Gasteiger partial charge is 0.125 e. The normalized spacial score (nSPS) is 12.7. The topological polar surface area (TPSA) is 46.0 Å². The number of thiophene rings is 1. The van der Waals surface area contributed by atoms with Gasteiger partial charge in [0.25, 0.3) is 0 Å². The Morgan fingerprint density at radius 2 is 1.18 bits per heavy atom. The zero-order valence-corrected chi connectivity index (χ0v) is 33.6. The van der Waals surface area contributed by atoms with E-state index in [1.54, 1.807) is 0 Å². The standard InChI is InChI=1S/C50H35N2OS.Pt/c1-30-23-35(36-19-12-20-39-38-18-8-10-22-48(38)54-49(36)39)27-44(51-30)32-15-11-16-33(24-32)45-25-34(31-13-5-4-6-14-31)26-46(52-45)41-28-43-40(29-47(41)53)37-17-7-9-21-42(37)50(43,2)3;/h4-23,25-29,53H,1-3H3;/q-1;. The number of phenols is 1. The minimum Gasteiger partial charge on any atom is -0.507 e. The first-order valence-electron chi connectivity index (χ1n) is 18.3. The molecule has 0 saturated carbocycles. The number of aryl methyl sites for hydroxylation is 1. The molecule has 6 aromatic carbocycles. The summed E-state index contributed by atoms with van der Waals surface area (Å²) in [4.78, 5) is 10.3. The van der Waals surface area contributed by atoms with Gasteiger partial charge < -0.3 is 5.11 Å². The number of benzene rings is 6. The average molecular weight is 907 g/mol. The van der Waals surface area contributed by atoms with Gasteiger partial charge in [0.1, 0.15) is 5.75 Å². The van der Waals surface area contributed by atoms with Gasteiger partial charge in [-0.3, -0.25) is 9.97 Å². The summed E-state index contributed by atoms with van der Waals surface area (Å²) in [6.07, 6.45) is 0. The molecule has 0 aliphatic heterocycles. The van der Waals surface area contributed by atoms with E-state index in [2.05, 4.69) is 166 Å². The fourth-order valence-electron chi connectivity index (χ4n) is 8.25. The Morgan fingerprint density at radius 3 is 2.02 bits per heavy atom. The van der Waals surface area contributed by atoms with E-state index in [9.17, 15) is 5.11 Å². The number of hydrogen-bond acceptors (Lipinski definition) is 4. The number of nitrogens with zero attached hydrogens (tertiary/aromatic N) is 2. The minimum absolute atomic E-state index is 0. The molecule has 1 N–H and O–H groups in total. The Hall–Kier alpha value is -5.67. The summed E-state index contributed by atoms with van der Waals surface area (Å²) < 4.78 is 2.57. The van der Waals surface area contributed by atoms with E-state index in [1.807, 2.05) is 23.5 Å². The summed E-state index contributed by atoms with van der Waals surface area (Å²) in [6.45, 7) is 6.57. The maximum atomic E-state index is 11.6. The fourth-order valence-corrected chi connectivity index (χ4v) is 9.49. The molecule has 3 heterocycles. The van der Waals surface area contributed by atoms with E-state index < -0.39 is 0 Å². The molecule has 0 unspecified atom stereocenters. The molecule has 0 spiro atoms. The molecule has 1 aliphatic carbocycles. The van der Waals surface area contributed by atoms with E-state index in [1.165, 1.54) is 42.4 Å². The van der Waals surface area contributed by atoms with Crippen molar-refractivity contribution < 1.29 is 26.2 Å². The molecule has 9 aromatic rings. The molecule has 0 atom stereocenters. The van der Waals surface area contributed by atoms with Crippen LogP contribution >= 0.6 is 11.3 Å². The first-order valence-corrected chi connectivity index (χ1v) is 19.1. The summed E-state index contributed by atoms with van der Waals surface area (Å²) in [6, 6.07) is 56.6. The van der Waals surface area contributed by atoms with Gasteiger partial charge in [0.2, 0.25) is 0 Å². The molecular weight excluding hydrogens is 872 g/mol. The number of aromatic nitrogens is 2. The van der Waals surface area contributed by atoms with Gasteiger partial charge in [-0.15, -0.1) is 35.6 Å². The third kappa shape index (κ3) is 5.92. The molecule has 10 rings (SSSR count). The Kier molecular flexibility index (Phi) is 8.65. The SMILES string of the molecule is Cc1cc(-c2cccc3c2sc2ccccc23)cc(-c2[c-]c(-c3cc(-c4ccccc4)cc(-c4cc5c(cc4O)-c4ccccc4C5(C)C)n3)ccc2)n1.[Pt]. The number of phenolic OH excluding ortho intramolecular Hbond substituents is 1. The van der Waals surface area contributed by atoms with Crippen molar-refractivity contribution in [1.29, 1.82) is 0 Å². The van der Waals surface area contributed by atoms with Gasteiger partial charge in [0.15, 0.2) is 0 Å². The van der Waals surface area contributed by atoms with Crippen molar-refractivity contribution in [3.05, 3.63) is 175 Å². The van der Waals surface area contributed by atoms with Crippen LogP contribution in [-0.4, -0.2) is 15.1 Å². The van der Waals surface area contributed by atoms with Crippen molar-refractivity contribution in [2.45, 2.75) is 26.2 Å². The van der Waals surface area contributed by atoms with Crippen molar-refractivity contribution in [1.82, 2.24) is 9.97 Å². The van der Waals surface area contributed by atoms with E-state index in [0.717, 1.165) is 50.5 Å². The number of fused-ring (bicyclic) bond motifs is 6. The predicted molar refractivity (Wildman–Crippen MR) is 225 cm³/mol. The quantitative estimate of drug-likeness (QED) is 0.175. The predicted octanol–water partition coefficient (Wildman–Crippen LogP) is 13.3. The first-order chi connectivity index (χ1) is 26.3. The summed E-state index contributed by atoms with van der Waals surface area (Å²) in [7, 11) is 0. The number of hydrogen-bond donors (Lipinski definition) is 1. The molecular formula is C50H35N2OPtS-. The Bertz CT molecular complexity index is 2950. The van der Waals surface area contributed by atoms with Gasteiger partial charge in [-0.1, -0.05) is 128 Å². The first kappa shape index (κ1) is 35.1. The van der Waals surface area contributed by atoms with Crippen molar-refractivity contribution in [2.24, 2.45) is 0 Å². The maximum Gasteiger partial charge on any atom is 0.125 e. The molecule has 1 aliphatic rings. The van der Waals surface area contributed by atoms with Gasteiger partial charge in [-0.05, 0) is 81.8 Å². The zero-order valence-electron chi connectivity index (χ0n) is 30.5. The molecule has 3 aromatic heterocycles. The van der Waals surface area contributed by atoms with E-state index in [-0.39, 0.29) is 32.2 Å². The third-order valence-electron chi connectivity index (χ3n) is 10.9. The molecule has 0 radical (unpaired) electrons. The molecule has 3 nitrogen and oxygen atoms in total. The molecule has 0 saturated heterocycles. The van der Waals surface area contributed by atoms with Crippen LogP contribution in [0.3, 0.4) is 0 Å². The molecule has 0 fully saturated rings. The van der Waals surface area contributed by atoms with Gasteiger partial charge in [-0.2, -0.15) is 0 Å². The van der Waals surface area contributed by atoms with Crippen LogP contribution in [0.2, 0.25) is 0 Å². The van der Waals surface area contributed by atoms with E-state index >= 15 is 0 Å². The number of aromatic hydroxyl groups is 1. The largest absolute Gasteiger partial charge is 0.507 e. The van der Waals surface area contributed by atoms with Crippen LogP contribution in [0.15, 0.2) is 152 Å². The van der Waals surface area contributed by atoms with Crippen LogP contribution in [0.25, 0.3) is 87.3 Å². The summed E-state index contributed by atoms with van der Waals surface area (Å²) in [5, 5.41) is 14.2. The third-order valence-corrected chi connectivity index (χ3v) is 12.1. The van der Waals surface area contributed by atoms with Gasteiger partial charge in [0.05, 0.1) is 5.69 Å². The summed E-state index contributed by atoms with van der Waals surface area (Å²) in [5.74, 6) is 0.216. The fraction of sp³-hybridized carbons (Fsp3) is 0.0800. The molecule has 55 heavy (non-hydrogen) atoms. The van der Waals surface area contributed by atoms with Gasteiger partial charge in [-0.25, -0.2) is 0 Å². The van der Waals surface area contributed by atoms with Crippen LogP contribution in [0.4, 0.5) is 0 Å². The van der Waals surface area contributed by atoms with E-state index in [0.29, 0.717) is 11.3 Å². The maximum absolute atomic E-state index is 11.6. The second-order valence-corrected chi connectivity index (χ2v) is 15.8. The Labute approximate surface area is 339 Å². The molecule has 5 heteroatoms. The van der Waals surface area contributed by atoms with Crippen LogP contribution in [-0.2, 0) is 26.5 Å². The van der Waals surface area contributed by atoms with Crippen LogP contribution < -0.4 is 0 Å². The van der Waals surface area contributed by atoms with Crippen LogP contribution in [0, 0.1) is 13.0 Å². The average Bonchev–Trinajstić information content (AvgIpc) is 3.69. The van der Waals surface area contributed by atoms with Gasteiger partial charge in [0, 0.05) is 69.3 Å². The van der Waals surface area contributed by atoms with Crippen LogP contribution in [0.5, 0.6) is 5.75 Å². The second-order valence-electron chi connectivity index (χ2n) is 14.7. The molecule has 0 amide bonds. The number of pyridine rings is 2. The monoisotopic (exact) mass is 906 g/mol. The van der Waals surface area contributed by atoms with Gasteiger partial charge >= 0.3 is 0 Å². The van der Waals surface area contributed by atoms with Crippen molar-refractivity contribution in [3.63, 3.8) is 0 Å². The van der Waals surface area contributed by atoms with Crippen molar-refractivity contribution in [2.75, 3.05) is 0 Å². The molecule has 0 bridgehead atoms. The van der Waals surface area contributed by atoms with E-state index in [4.69, 9.17) is 9.97 Å². The molecule has 268 valence electrons. The summed E-state index contributed by atoms with van der Waals surface area (Å²) in [5.41, 5.74) is 14.7. The minimum atomic E-state index is -0.210. The Balaban J connectivity index is 0.00000397. The summed E-state index contributed by atoms with van der Waals surface area (Å²) >= 11 is 1.84. The van der Waals surface area contributed by atoms with Crippen molar-refractivity contribution in [3.8, 4) is 72.9 Å². The van der Waals surface area contributed by atoms with Crippen LogP contribution in [0.1, 0.15) is 30.7 Å². The zero-order chi connectivity index (χ0) is 36.6. The Morgan fingerprint density at radius 1 is 0.527 bits per heavy atom. The second kappa shape index (κ2) is 13.6. The number of rotatable bonds is 5.